The molecule has 1 aliphatic rings. The molecule has 2 aromatic carbocycles. The molecule has 0 unspecified atom stereocenters. The molecule has 2 aromatic rings. The predicted octanol–water partition coefficient (Wildman–Crippen LogP) is 2.73. The molecule has 7 nitrogen and oxygen atoms in total. The lowest BCUT2D eigenvalue weighted by molar-refractivity contribution is -0.130. The molecule has 1 aliphatic heterocycles. The SMILES string of the molecule is N#C/C(=C\c1ccc(OCc2ccc(C(=O)O)cc2)cc1)C(=O)N1CCOCC1. The Morgan fingerprint density at radius 1 is 1.10 bits per heavy atom. The van der Waals surface area contributed by atoms with Gasteiger partial charge in [-0.15, -0.1) is 0 Å². The van der Waals surface area contributed by atoms with Gasteiger partial charge in [-0.25, -0.2) is 4.79 Å². The van der Waals surface area contributed by atoms with Gasteiger partial charge in [0.15, 0.2) is 0 Å². The molecule has 0 aromatic heterocycles. The first-order valence-electron chi connectivity index (χ1n) is 9.11. The van der Waals surface area contributed by atoms with E-state index in [1.807, 2.05) is 6.07 Å². The normalized spacial score (nSPS) is 14.2. The van der Waals surface area contributed by atoms with Crippen LogP contribution in [-0.4, -0.2) is 48.2 Å². The topological polar surface area (TPSA) is 99.9 Å². The number of carbonyl (C=O) groups excluding carboxylic acids is 1. The molecule has 0 saturated carbocycles. The molecule has 148 valence electrons. The van der Waals surface area contributed by atoms with Gasteiger partial charge in [0.2, 0.25) is 0 Å². The Bertz CT molecular complexity index is 937. The van der Waals surface area contributed by atoms with Crippen LogP contribution >= 0.6 is 0 Å². The van der Waals surface area contributed by atoms with Crippen molar-refractivity contribution in [3.8, 4) is 11.8 Å². The van der Waals surface area contributed by atoms with Crippen LogP contribution in [0, 0.1) is 11.3 Å². The van der Waals surface area contributed by atoms with Crippen LogP contribution in [0.25, 0.3) is 6.08 Å². The van der Waals surface area contributed by atoms with Crippen LogP contribution in [0.3, 0.4) is 0 Å². The third-order valence-electron chi connectivity index (χ3n) is 4.45. The van der Waals surface area contributed by atoms with Crippen molar-refractivity contribution < 1.29 is 24.2 Å². The second kappa shape index (κ2) is 9.53. The molecule has 3 rings (SSSR count). The minimum Gasteiger partial charge on any atom is -0.489 e. The lowest BCUT2D eigenvalue weighted by atomic mass is 10.1. The van der Waals surface area contributed by atoms with Crippen LogP contribution in [0.1, 0.15) is 21.5 Å². The first kappa shape index (κ1) is 20.1. The Labute approximate surface area is 168 Å². The predicted molar refractivity (Wildman–Crippen MR) is 105 cm³/mol. The monoisotopic (exact) mass is 392 g/mol. The highest BCUT2D eigenvalue weighted by atomic mass is 16.5. The van der Waals surface area contributed by atoms with Gasteiger partial charge in [0, 0.05) is 13.1 Å². The van der Waals surface area contributed by atoms with E-state index in [1.54, 1.807) is 47.4 Å². The average molecular weight is 392 g/mol. The van der Waals surface area contributed by atoms with Gasteiger partial charge in [-0.3, -0.25) is 4.79 Å². The van der Waals surface area contributed by atoms with Gasteiger partial charge in [0.05, 0.1) is 18.8 Å². The van der Waals surface area contributed by atoms with Gasteiger partial charge in [-0.2, -0.15) is 5.26 Å². The highest BCUT2D eigenvalue weighted by molar-refractivity contribution is 6.01. The Kier molecular flexibility index (Phi) is 6.61. The second-order valence-electron chi connectivity index (χ2n) is 6.43. The van der Waals surface area contributed by atoms with Crippen LogP contribution < -0.4 is 4.74 Å². The van der Waals surface area contributed by atoms with E-state index in [0.717, 1.165) is 11.1 Å². The fraction of sp³-hybridized carbons (Fsp3) is 0.227. The number of carboxylic acid groups (broad SMARTS) is 1. The van der Waals surface area contributed by atoms with Crippen molar-refractivity contribution in [2.75, 3.05) is 26.3 Å². The molecule has 0 aliphatic carbocycles. The summed E-state index contributed by atoms with van der Waals surface area (Å²) in [6.07, 6.45) is 1.56. The maximum absolute atomic E-state index is 12.4. The third kappa shape index (κ3) is 5.43. The number of morpholine rings is 1. The lowest BCUT2D eigenvalue weighted by Gasteiger charge is -2.26. The summed E-state index contributed by atoms with van der Waals surface area (Å²) in [5.41, 5.74) is 1.88. The number of benzene rings is 2. The van der Waals surface area contributed by atoms with Crippen LogP contribution in [0.2, 0.25) is 0 Å². The quantitative estimate of drug-likeness (QED) is 0.599. The zero-order chi connectivity index (χ0) is 20.6. The molecule has 0 atom stereocenters. The van der Waals surface area contributed by atoms with E-state index in [4.69, 9.17) is 14.6 Å². The van der Waals surface area contributed by atoms with E-state index in [0.29, 0.717) is 38.7 Å². The number of hydrogen-bond acceptors (Lipinski definition) is 5. The van der Waals surface area contributed by atoms with Crippen molar-refractivity contribution in [1.82, 2.24) is 4.90 Å². The second-order valence-corrected chi connectivity index (χ2v) is 6.43. The number of carboxylic acids is 1. The first-order valence-corrected chi connectivity index (χ1v) is 9.11. The number of rotatable bonds is 6. The van der Waals surface area contributed by atoms with Crippen molar-refractivity contribution >= 4 is 18.0 Å². The third-order valence-corrected chi connectivity index (χ3v) is 4.45. The Balaban J connectivity index is 1.61. The Morgan fingerprint density at radius 2 is 1.76 bits per heavy atom. The van der Waals surface area contributed by atoms with Crippen LogP contribution in [-0.2, 0) is 16.1 Å². The van der Waals surface area contributed by atoms with E-state index >= 15 is 0 Å². The molecular formula is C22H20N2O5. The molecular weight excluding hydrogens is 372 g/mol. The first-order chi connectivity index (χ1) is 14.1. The highest BCUT2D eigenvalue weighted by Gasteiger charge is 2.20. The summed E-state index contributed by atoms with van der Waals surface area (Å²) >= 11 is 0. The number of aromatic carboxylic acids is 1. The highest BCUT2D eigenvalue weighted by Crippen LogP contribution is 2.17. The number of hydrogen-bond donors (Lipinski definition) is 1. The largest absolute Gasteiger partial charge is 0.489 e. The van der Waals surface area contributed by atoms with E-state index < -0.39 is 5.97 Å². The van der Waals surface area contributed by atoms with Crippen LogP contribution in [0.5, 0.6) is 5.75 Å². The van der Waals surface area contributed by atoms with E-state index in [1.165, 1.54) is 12.1 Å². The Hall–Kier alpha value is -3.63. The van der Waals surface area contributed by atoms with Gasteiger partial charge in [-0.05, 0) is 41.5 Å². The molecule has 0 spiro atoms. The summed E-state index contributed by atoms with van der Waals surface area (Å²) in [6, 6.07) is 15.5. The molecule has 7 heteroatoms. The minimum atomic E-state index is -0.968. The summed E-state index contributed by atoms with van der Waals surface area (Å²) in [7, 11) is 0. The number of amides is 1. The molecule has 0 bridgehead atoms. The molecule has 0 radical (unpaired) electrons. The fourth-order valence-corrected chi connectivity index (χ4v) is 2.82. The minimum absolute atomic E-state index is 0.0825. The molecule has 1 saturated heterocycles. The van der Waals surface area contributed by atoms with Gasteiger partial charge < -0.3 is 19.5 Å². The van der Waals surface area contributed by atoms with Crippen molar-refractivity contribution in [3.63, 3.8) is 0 Å². The molecule has 1 N–H and O–H groups in total. The average Bonchev–Trinajstić information content (AvgIpc) is 2.77. The summed E-state index contributed by atoms with van der Waals surface area (Å²) in [5.74, 6) is -0.631. The maximum atomic E-state index is 12.4. The fourth-order valence-electron chi connectivity index (χ4n) is 2.82. The van der Waals surface area contributed by atoms with E-state index in [-0.39, 0.29) is 17.0 Å². The summed E-state index contributed by atoms with van der Waals surface area (Å²) < 4.78 is 10.9. The maximum Gasteiger partial charge on any atom is 0.335 e. The Morgan fingerprint density at radius 3 is 2.34 bits per heavy atom. The summed E-state index contributed by atoms with van der Waals surface area (Å²) in [6.45, 7) is 2.23. The standard InChI is InChI=1S/C22H20N2O5/c23-14-19(21(25)24-9-11-28-12-10-24)13-16-3-7-20(8-4-16)29-15-17-1-5-18(6-2-17)22(26)27/h1-8,13H,9-12,15H2,(H,26,27)/b19-13+. The van der Waals surface area contributed by atoms with Gasteiger partial charge >= 0.3 is 5.97 Å². The van der Waals surface area contributed by atoms with Crippen molar-refractivity contribution in [2.24, 2.45) is 0 Å². The molecule has 29 heavy (non-hydrogen) atoms. The smallest absolute Gasteiger partial charge is 0.335 e. The van der Waals surface area contributed by atoms with E-state index in [9.17, 15) is 14.9 Å². The van der Waals surface area contributed by atoms with E-state index in [2.05, 4.69) is 0 Å². The van der Waals surface area contributed by atoms with Gasteiger partial charge in [0.25, 0.3) is 5.91 Å². The van der Waals surface area contributed by atoms with Gasteiger partial charge in [0.1, 0.15) is 24.0 Å². The number of nitriles is 1. The van der Waals surface area contributed by atoms with Crippen molar-refractivity contribution in [2.45, 2.75) is 6.61 Å². The zero-order valence-electron chi connectivity index (χ0n) is 15.7. The van der Waals surface area contributed by atoms with Crippen molar-refractivity contribution in [1.29, 1.82) is 5.26 Å². The zero-order valence-corrected chi connectivity index (χ0v) is 15.7. The van der Waals surface area contributed by atoms with Crippen molar-refractivity contribution in [3.05, 3.63) is 70.8 Å². The number of nitrogens with zero attached hydrogens (tertiary/aromatic N) is 2. The lowest BCUT2D eigenvalue weighted by Crippen LogP contribution is -2.41. The van der Waals surface area contributed by atoms with Crippen LogP contribution in [0.4, 0.5) is 0 Å². The molecule has 1 heterocycles. The number of ether oxygens (including phenoxy) is 2. The number of carbonyl (C=O) groups is 2. The van der Waals surface area contributed by atoms with Crippen LogP contribution in [0.15, 0.2) is 54.1 Å². The summed E-state index contributed by atoms with van der Waals surface area (Å²) in [5, 5.41) is 18.3. The van der Waals surface area contributed by atoms with Gasteiger partial charge in [-0.1, -0.05) is 24.3 Å². The summed E-state index contributed by atoms with van der Waals surface area (Å²) in [4.78, 5) is 24.9. The molecule has 1 fully saturated rings. The molecule has 1 amide bonds.